The smallest absolute Gasteiger partial charge is 0.231 e. The number of hydrogen-bond acceptors (Lipinski definition) is 6. The summed E-state index contributed by atoms with van der Waals surface area (Å²) in [6.07, 6.45) is 0.302. The van der Waals surface area contributed by atoms with Crippen molar-refractivity contribution in [3.05, 3.63) is 48.0 Å². The van der Waals surface area contributed by atoms with Gasteiger partial charge in [0.1, 0.15) is 5.52 Å². The van der Waals surface area contributed by atoms with Crippen LogP contribution in [-0.2, 0) is 4.79 Å². The van der Waals surface area contributed by atoms with Crippen molar-refractivity contribution >= 4 is 28.9 Å². The number of aromatic nitrogens is 1. The van der Waals surface area contributed by atoms with Gasteiger partial charge in [-0.05, 0) is 38.4 Å². The van der Waals surface area contributed by atoms with Crippen molar-refractivity contribution in [2.75, 3.05) is 32.5 Å². The maximum atomic E-state index is 12.2. The van der Waals surface area contributed by atoms with E-state index in [2.05, 4.69) is 10.3 Å². The van der Waals surface area contributed by atoms with Gasteiger partial charge in [-0.25, -0.2) is 4.98 Å². The number of nitrogens with one attached hydrogen (secondary N) is 1. The van der Waals surface area contributed by atoms with Gasteiger partial charge in [0.05, 0.1) is 5.56 Å². The van der Waals surface area contributed by atoms with Crippen molar-refractivity contribution in [3.8, 4) is 11.5 Å². The number of anilines is 1. The van der Waals surface area contributed by atoms with Crippen molar-refractivity contribution in [3.63, 3.8) is 0 Å². The van der Waals surface area contributed by atoms with Gasteiger partial charge in [0.2, 0.25) is 11.7 Å². The monoisotopic (exact) mass is 337 g/mol. The van der Waals surface area contributed by atoms with E-state index in [0.717, 1.165) is 12.1 Å². The van der Waals surface area contributed by atoms with Gasteiger partial charge >= 0.3 is 0 Å². The lowest BCUT2D eigenvalue weighted by atomic mass is 10.1. The Hall–Kier alpha value is -2.99. The third-order valence-electron chi connectivity index (χ3n) is 3.81. The maximum absolute atomic E-state index is 12.2. The van der Waals surface area contributed by atoms with Crippen LogP contribution in [0.1, 0.15) is 10.4 Å². The number of fused-ring (bicyclic) bond motifs is 1. The molecule has 25 heavy (non-hydrogen) atoms. The fourth-order valence-electron chi connectivity index (χ4n) is 2.56. The first-order valence-electron chi connectivity index (χ1n) is 7.97. The number of Topliss-reactive ketones (excluding diaryl/α,β-unsaturated/α-hetero) is 1. The van der Waals surface area contributed by atoms with Gasteiger partial charge in [-0.1, -0.05) is 18.2 Å². The van der Waals surface area contributed by atoms with E-state index in [9.17, 15) is 9.59 Å². The molecule has 1 heterocycles. The zero-order valence-electron chi connectivity index (χ0n) is 14.2. The molecule has 0 saturated carbocycles. The lowest BCUT2D eigenvalue weighted by Crippen LogP contribution is -2.21. The molecular formula is C19H19N3O3. The van der Waals surface area contributed by atoms with E-state index < -0.39 is 5.78 Å². The van der Waals surface area contributed by atoms with Crippen LogP contribution in [0.3, 0.4) is 0 Å². The van der Waals surface area contributed by atoms with Crippen molar-refractivity contribution in [1.82, 2.24) is 9.88 Å². The molecule has 0 aliphatic heterocycles. The van der Waals surface area contributed by atoms with Gasteiger partial charge in [0.15, 0.2) is 11.9 Å². The van der Waals surface area contributed by atoms with Crippen LogP contribution in [0, 0.1) is 0 Å². The average Bonchev–Trinajstić information content (AvgIpc) is 3.05. The Morgan fingerprint density at radius 1 is 1.20 bits per heavy atom. The minimum Gasteiger partial charge on any atom is -0.435 e. The van der Waals surface area contributed by atoms with Gasteiger partial charge in [0, 0.05) is 24.3 Å². The fourth-order valence-corrected chi connectivity index (χ4v) is 2.56. The van der Waals surface area contributed by atoms with E-state index in [1.165, 1.54) is 0 Å². The normalized spacial score (nSPS) is 11.0. The van der Waals surface area contributed by atoms with Crippen LogP contribution in [0.5, 0.6) is 0 Å². The minimum atomic E-state index is -0.631. The minimum absolute atomic E-state index is 0.223. The van der Waals surface area contributed by atoms with E-state index in [4.69, 9.17) is 4.42 Å². The Balaban J connectivity index is 2.06. The number of carbonyl (C=O) groups excluding carboxylic acids is 2. The van der Waals surface area contributed by atoms with E-state index in [1.54, 1.807) is 12.1 Å². The Morgan fingerprint density at radius 2 is 1.96 bits per heavy atom. The fraction of sp³-hybridized carbons (Fsp3) is 0.211. The number of hydrogen-bond donors (Lipinski definition) is 1. The summed E-state index contributed by atoms with van der Waals surface area (Å²) in [5.41, 5.74) is 2.47. The molecule has 6 nitrogen and oxygen atoms in total. The second-order valence-electron chi connectivity index (χ2n) is 5.93. The zero-order chi connectivity index (χ0) is 17.8. The second kappa shape index (κ2) is 7.27. The number of aldehydes is 1. The molecule has 0 atom stereocenters. The summed E-state index contributed by atoms with van der Waals surface area (Å²) in [4.78, 5) is 29.8. The van der Waals surface area contributed by atoms with Crippen molar-refractivity contribution < 1.29 is 14.0 Å². The summed E-state index contributed by atoms with van der Waals surface area (Å²) < 4.78 is 5.84. The standard InChI is InChI=1S/C19H19N3O3/c1-22(2)11-10-20-14-8-9-15-18(17(14)16(24)12-23)25-19(21-15)13-6-4-3-5-7-13/h3-9,12,20H,10-11H2,1-2H3. The Bertz CT molecular complexity index is 901. The highest BCUT2D eigenvalue weighted by Crippen LogP contribution is 2.30. The molecule has 1 N–H and O–H groups in total. The van der Waals surface area contributed by atoms with Crippen molar-refractivity contribution in [2.24, 2.45) is 0 Å². The molecule has 0 unspecified atom stereocenters. The van der Waals surface area contributed by atoms with Gasteiger partial charge in [-0.15, -0.1) is 0 Å². The zero-order valence-corrected chi connectivity index (χ0v) is 14.2. The molecule has 0 fully saturated rings. The Kier molecular flexibility index (Phi) is 4.90. The van der Waals surface area contributed by atoms with Gasteiger partial charge in [-0.3, -0.25) is 9.59 Å². The first-order chi connectivity index (χ1) is 12.1. The molecule has 1 aromatic heterocycles. The van der Waals surface area contributed by atoms with Gasteiger partial charge < -0.3 is 14.6 Å². The predicted molar refractivity (Wildman–Crippen MR) is 96.9 cm³/mol. The summed E-state index contributed by atoms with van der Waals surface area (Å²) >= 11 is 0. The third-order valence-corrected chi connectivity index (χ3v) is 3.81. The molecule has 0 amide bonds. The number of benzene rings is 2. The van der Waals surface area contributed by atoms with Crippen molar-refractivity contribution in [2.45, 2.75) is 0 Å². The number of oxazole rings is 1. The summed E-state index contributed by atoms with van der Waals surface area (Å²) in [7, 11) is 3.93. The topological polar surface area (TPSA) is 75.4 Å². The largest absolute Gasteiger partial charge is 0.435 e. The summed E-state index contributed by atoms with van der Waals surface area (Å²) in [5.74, 6) is -0.213. The first kappa shape index (κ1) is 16.9. The van der Waals surface area contributed by atoms with Crippen LogP contribution in [0.25, 0.3) is 22.6 Å². The highest BCUT2D eigenvalue weighted by molar-refractivity contribution is 6.37. The van der Waals surface area contributed by atoms with Crippen LogP contribution in [0.15, 0.2) is 46.9 Å². The lowest BCUT2D eigenvalue weighted by Gasteiger charge is -2.13. The number of likely N-dealkylation sites (N-methyl/N-ethyl adjacent to an activating group) is 1. The molecule has 0 radical (unpaired) electrons. The number of rotatable bonds is 7. The number of nitrogens with zero attached hydrogens (tertiary/aromatic N) is 2. The molecule has 2 aromatic carbocycles. The van der Waals surface area contributed by atoms with E-state index >= 15 is 0 Å². The molecular weight excluding hydrogens is 318 g/mol. The molecule has 6 heteroatoms. The van der Waals surface area contributed by atoms with E-state index in [-0.39, 0.29) is 5.56 Å². The van der Waals surface area contributed by atoms with Crippen LogP contribution < -0.4 is 5.32 Å². The summed E-state index contributed by atoms with van der Waals surface area (Å²) in [6.45, 7) is 1.43. The summed E-state index contributed by atoms with van der Waals surface area (Å²) in [6, 6.07) is 13.0. The van der Waals surface area contributed by atoms with Gasteiger partial charge in [0.25, 0.3) is 0 Å². The van der Waals surface area contributed by atoms with Gasteiger partial charge in [-0.2, -0.15) is 0 Å². The van der Waals surface area contributed by atoms with E-state index in [1.807, 2.05) is 49.3 Å². The van der Waals surface area contributed by atoms with Crippen LogP contribution in [0.2, 0.25) is 0 Å². The molecule has 0 aliphatic carbocycles. The predicted octanol–water partition coefficient (Wildman–Crippen LogP) is 2.85. The SMILES string of the molecule is CN(C)CCNc1ccc2nc(-c3ccccc3)oc2c1C(=O)C=O. The molecule has 128 valence electrons. The molecule has 3 rings (SSSR count). The lowest BCUT2D eigenvalue weighted by molar-refractivity contribution is -0.104. The molecule has 0 bridgehead atoms. The highest BCUT2D eigenvalue weighted by atomic mass is 16.3. The quantitative estimate of drug-likeness (QED) is 0.406. The molecule has 3 aromatic rings. The first-order valence-corrected chi connectivity index (χ1v) is 7.97. The third kappa shape index (κ3) is 3.59. The highest BCUT2D eigenvalue weighted by Gasteiger charge is 2.20. The number of ketones is 1. The maximum Gasteiger partial charge on any atom is 0.231 e. The van der Waals surface area contributed by atoms with Crippen LogP contribution in [0.4, 0.5) is 5.69 Å². The molecule has 0 saturated heterocycles. The molecule has 0 aliphatic rings. The van der Waals surface area contributed by atoms with E-state index in [0.29, 0.717) is 35.5 Å². The average molecular weight is 337 g/mol. The van der Waals surface area contributed by atoms with Crippen molar-refractivity contribution in [1.29, 1.82) is 0 Å². The summed E-state index contributed by atoms with van der Waals surface area (Å²) in [5, 5.41) is 3.19. The molecule has 0 spiro atoms. The second-order valence-corrected chi connectivity index (χ2v) is 5.93. The Labute approximate surface area is 145 Å². The van der Waals surface area contributed by atoms with Crippen LogP contribution in [-0.4, -0.2) is 49.1 Å². The Morgan fingerprint density at radius 3 is 2.64 bits per heavy atom. The number of carbonyl (C=O) groups is 2. The van der Waals surface area contributed by atoms with Crippen LogP contribution >= 0.6 is 0 Å².